The van der Waals surface area contributed by atoms with Crippen molar-refractivity contribution in [2.24, 2.45) is 0 Å². The van der Waals surface area contributed by atoms with Gasteiger partial charge < -0.3 is 10.6 Å². The number of nitrogens with one attached hydrogen (secondary N) is 2. The van der Waals surface area contributed by atoms with E-state index < -0.39 is 11.7 Å². The Morgan fingerprint density at radius 2 is 2.05 bits per heavy atom. The van der Waals surface area contributed by atoms with Crippen molar-refractivity contribution in [3.05, 3.63) is 28.8 Å². The molecule has 7 heteroatoms. The van der Waals surface area contributed by atoms with Crippen molar-refractivity contribution < 1.29 is 18.0 Å². The van der Waals surface area contributed by atoms with Gasteiger partial charge in [0, 0.05) is 13.0 Å². The van der Waals surface area contributed by atoms with Crippen LogP contribution in [0, 0.1) is 0 Å². The van der Waals surface area contributed by atoms with Gasteiger partial charge in [-0.3, -0.25) is 4.79 Å². The second-order valence-corrected chi connectivity index (χ2v) is 4.25. The maximum Gasteiger partial charge on any atom is 0.416 e. The Bertz CT molecular complexity index is 449. The molecule has 0 aliphatic carbocycles. The number of carbonyl (C=O) groups excluding carboxylic acids is 1. The normalized spacial score (nSPS) is 11.4. The lowest BCUT2D eigenvalue weighted by atomic mass is 10.2. The molecule has 2 N–H and O–H groups in total. The van der Waals surface area contributed by atoms with Crippen LogP contribution < -0.4 is 10.6 Å². The maximum absolute atomic E-state index is 12.5. The maximum atomic E-state index is 12.5. The molecule has 1 amide bonds. The van der Waals surface area contributed by atoms with Gasteiger partial charge in [-0.1, -0.05) is 18.5 Å². The summed E-state index contributed by atoms with van der Waals surface area (Å²) in [6.45, 7) is 3.07. The van der Waals surface area contributed by atoms with E-state index in [0.29, 0.717) is 6.54 Å². The fourth-order valence-electron chi connectivity index (χ4n) is 1.39. The summed E-state index contributed by atoms with van der Waals surface area (Å²) in [5.41, 5.74) is -0.878. The summed E-state index contributed by atoms with van der Waals surface area (Å²) in [6, 6.07) is 2.81. The number of rotatable bonds is 5. The van der Waals surface area contributed by atoms with Crippen molar-refractivity contribution in [3.63, 3.8) is 0 Å². The summed E-state index contributed by atoms with van der Waals surface area (Å²) in [6.07, 6.45) is -4.30. The molecule has 1 aromatic carbocycles. The van der Waals surface area contributed by atoms with E-state index in [4.69, 9.17) is 11.6 Å². The van der Waals surface area contributed by atoms with E-state index in [1.807, 2.05) is 6.92 Å². The van der Waals surface area contributed by atoms with Gasteiger partial charge in [-0.15, -0.1) is 0 Å². The highest BCUT2D eigenvalue weighted by atomic mass is 35.5. The van der Waals surface area contributed by atoms with E-state index in [2.05, 4.69) is 10.6 Å². The standard InChI is InChI=1S/C12H14ClF3N2O/c1-2-17-6-5-11(19)18-10-7-8(12(14,15)16)3-4-9(10)13/h3-4,7,17H,2,5-6H2,1H3,(H,18,19). The molecule has 1 rings (SSSR count). The lowest BCUT2D eigenvalue weighted by Gasteiger charge is -2.11. The van der Waals surface area contributed by atoms with E-state index in [0.717, 1.165) is 24.7 Å². The predicted molar refractivity (Wildman–Crippen MR) is 68.2 cm³/mol. The molecular weight excluding hydrogens is 281 g/mol. The Morgan fingerprint density at radius 3 is 2.63 bits per heavy atom. The minimum absolute atomic E-state index is 0.0296. The van der Waals surface area contributed by atoms with E-state index in [1.54, 1.807) is 0 Å². The van der Waals surface area contributed by atoms with Gasteiger partial charge in [0.15, 0.2) is 0 Å². The fraction of sp³-hybridized carbons (Fsp3) is 0.417. The zero-order chi connectivity index (χ0) is 14.5. The van der Waals surface area contributed by atoms with E-state index in [-0.39, 0.29) is 23.0 Å². The van der Waals surface area contributed by atoms with Crippen LogP contribution >= 0.6 is 11.6 Å². The molecule has 0 aliphatic rings. The molecule has 0 aromatic heterocycles. The molecule has 0 bridgehead atoms. The SMILES string of the molecule is CCNCCC(=O)Nc1cc(C(F)(F)F)ccc1Cl. The number of alkyl halides is 3. The van der Waals surface area contributed by atoms with E-state index in [9.17, 15) is 18.0 Å². The first-order valence-corrected chi connectivity index (χ1v) is 6.09. The predicted octanol–water partition coefficient (Wildman–Crippen LogP) is 3.30. The van der Waals surface area contributed by atoms with Crippen LogP contribution in [-0.4, -0.2) is 19.0 Å². The average Bonchev–Trinajstić information content (AvgIpc) is 2.31. The van der Waals surface area contributed by atoms with Crippen molar-refractivity contribution in [3.8, 4) is 0 Å². The number of amides is 1. The van der Waals surface area contributed by atoms with E-state index in [1.165, 1.54) is 0 Å². The fourth-order valence-corrected chi connectivity index (χ4v) is 1.55. The minimum Gasteiger partial charge on any atom is -0.325 e. The van der Waals surface area contributed by atoms with Gasteiger partial charge in [-0.05, 0) is 24.7 Å². The number of hydrogen-bond acceptors (Lipinski definition) is 2. The molecule has 0 saturated carbocycles. The lowest BCUT2D eigenvalue weighted by Crippen LogP contribution is -2.21. The molecule has 0 radical (unpaired) electrons. The third kappa shape index (κ3) is 5.08. The first-order valence-electron chi connectivity index (χ1n) is 5.72. The van der Waals surface area contributed by atoms with Gasteiger partial charge in [-0.25, -0.2) is 0 Å². The Morgan fingerprint density at radius 1 is 1.37 bits per heavy atom. The van der Waals surface area contributed by atoms with Crippen LogP contribution in [0.4, 0.5) is 18.9 Å². The summed E-state index contributed by atoms with van der Waals surface area (Å²) < 4.78 is 37.6. The van der Waals surface area contributed by atoms with Crippen molar-refractivity contribution in [2.45, 2.75) is 19.5 Å². The zero-order valence-corrected chi connectivity index (χ0v) is 11.0. The molecule has 0 aliphatic heterocycles. The third-order valence-electron chi connectivity index (χ3n) is 2.35. The Balaban J connectivity index is 2.74. The second kappa shape index (κ2) is 6.77. The third-order valence-corrected chi connectivity index (χ3v) is 2.68. The van der Waals surface area contributed by atoms with Crippen LogP contribution in [0.1, 0.15) is 18.9 Å². The van der Waals surface area contributed by atoms with Crippen LogP contribution in [0.15, 0.2) is 18.2 Å². The Labute approximate surface area is 114 Å². The summed E-state index contributed by atoms with van der Waals surface area (Å²) >= 11 is 5.75. The van der Waals surface area contributed by atoms with E-state index >= 15 is 0 Å². The molecule has 0 unspecified atom stereocenters. The lowest BCUT2D eigenvalue weighted by molar-refractivity contribution is -0.137. The Hall–Kier alpha value is -1.27. The molecule has 3 nitrogen and oxygen atoms in total. The van der Waals surface area contributed by atoms with Gasteiger partial charge in [0.05, 0.1) is 16.3 Å². The molecule has 106 valence electrons. The van der Waals surface area contributed by atoms with Crippen LogP contribution in [0.5, 0.6) is 0 Å². The molecule has 0 saturated heterocycles. The van der Waals surface area contributed by atoms with Crippen molar-refractivity contribution in [2.75, 3.05) is 18.4 Å². The summed E-state index contributed by atoms with van der Waals surface area (Å²) in [7, 11) is 0. The largest absolute Gasteiger partial charge is 0.416 e. The summed E-state index contributed by atoms with van der Waals surface area (Å²) in [5, 5.41) is 5.39. The van der Waals surface area contributed by atoms with Crippen LogP contribution in [0.25, 0.3) is 0 Å². The number of halogens is 4. The average molecular weight is 295 g/mol. The van der Waals surface area contributed by atoms with Crippen molar-refractivity contribution in [1.82, 2.24) is 5.32 Å². The molecular formula is C12H14ClF3N2O. The first-order chi connectivity index (χ1) is 8.84. The minimum atomic E-state index is -4.46. The topological polar surface area (TPSA) is 41.1 Å². The zero-order valence-electron chi connectivity index (χ0n) is 10.3. The second-order valence-electron chi connectivity index (χ2n) is 3.84. The number of carbonyl (C=O) groups is 1. The highest BCUT2D eigenvalue weighted by Gasteiger charge is 2.31. The van der Waals surface area contributed by atoms with Crippen LogP contribution in [0.3, 0.4) is 0 Å². The van der Waals surface area contributed by atoms with Crippen LogP contribution in [0.2, 0.25) is 5.02 Å². The summed E-state index contributed by atoms with van der Waals surface area (Å²) in [5.74, 6) is -0.387. The van der Waals surface area contributed by atoms with Gasteiger partial charge in [0.1, 0.15) is 0 Å². The molecule has 0 spiro atoms. The molecule has 0 atom stereocenters. The number of benzene rings is 1. The van der Waals surface area contributed by atoms with Crippen molar-refractivity contribution >= 4 is 23.2 Å². The first kappa shape index (κ1) is 15.8. The Kier molecular flexibility index (Phi) is 5.62. The molecule has 0 heterocycles. The van der Waals surface area contributed by atoms with Gasteiger partial charge in [0.25, 0.3) is 0 Å². The highest BCUT2D eigenvalue weighted by Crippen LogP contribution is 2.33. The highest BCUT2D eigenvalue weighted by molar-refractivity contribution is 6.33. The monoisotopic (exact) mass is 294 g/mol. The van der Waals surface area contributed by atoms with Gasteiger partial charge in [0.2, 0.25) is 5.91 Å². The van der Waals surface area contributed by atoms with Gasteiger partial charge in [-0.2, -0.15) is 13.2 Å². The molecule has 19 heavy (non-hydrogen) atoms. The molecule has 0 fully saturated rings. The van der Waals surface area contributed by atoms with Crippen molar-refractivity contribution in [1.29, 1.82) is 0 Å². The van der Waals surface area contributed by atoms with Crippen LogP contribution in [-0.2, 0) is 11.0 Å². The summed E-state index contributed by atoms with van der Waals surface area (Å²) in [4.78, 5) is 11.5. The van der Waals surface area contributed by atoms with Gasteiger partial charge >= 0.3 is 6.18 Å². The molecule has 1 aromatic rings. The number of anilines is 1. The number of hydrogen-bond donors (Lipinski definition) is 2. The smallest absolute Gasteiger partial charge is 0.325 e. The quantitative estimate of drug-likeness (QED) is 0.818.